The zero-order valence-corrected chi connectivity index (χ0v) is 12.3. The van der Waals surface area contributed by atoms with Crippen LogP contribution < -0.4 is 4.74 Å². The Kier molecular flexibility index (Phi) is 4.80. The van der Waals surface area contributed by atoms with Crippen LogP contribution in [-0.2, 0) is 0 Å². The number of aliphatic hydroxyl groups excluding tert-OH is 1. The smallest absolute Gasteiger partial charge is 0.126 e. The second-order valence-corrected chi connectivity index (χ2v) is 5.21. The highest BCUT2D eigenvalue weighted by atomic mass is 16.5. The van der Waals surface area contributed by atoms with Gasteiger partial charge < -0.3 is 9.84 Å². The van der Waals surface area contributed by atoms with Crippen molar-refractivity contribution in [3.63, 3.8) is 0 Å². The van der Waals surface area contributed by atoms with Gasteiger partial charge >= 0.3 is 0 Å². The van der Waals surface area contributed by atoms with Crippen molar-refractivity contribution in [2.75, 3.05) is 0 Å². The summed E-state index contributed by atoms with van der Waals surface area (Å²) in [6.45, 7) is 5.96. The summed E-state index contributed by atoms with van der Waals surface area (Å²) in [6.07, 6.45) is 0.288. The fourth-order valence-electron chi connectivity index (χ4n) is 2.20. The Morgan fingerprint density at radius 1 is 1.00 bits per heavy atom. The van der Waals surface area contributed by atoms with Crippen molar-refractivity contribution in [1.82, 2.24) is 0 Å². The first-order valence-corrected chi connectivity index (χ1v) is 7.16. The highest BCUT2D eigenvalue weighted by molar-refractivity contribution is 5.66. The fraction of sp³-hybridized carbons (Fsp3) is 0.333. The average molecular weight is 270 g/mol. The van der Waals surface area contributed by atoms with Crippen LogP contribution in [0.3, 0.4) is 0 Å². The average Bonchev–Trinajstić information content (AvgIpc) is 2.46. The molecule has 2 rings (SSSR count). The van der Waals surface area contributed by atoms with Gasteiger partial charge in [0, 0.05) is 5.56 Å². The summed E-state index contributed by atoms with van der Waals surface area (Å²) in [5.74, 6) is 0.774. The molecule has 1 atom stereocenters. The zero-order chi connectivity index (χ0) is 14.5. The molecule has 0 spiro atoms. The van der Waals surface area contributed by atoms with Gasteiger partial charge in [-0.1, -0.05) is 49.4 Å². The van der Waals surface area contributed by atoms with Crippen molar-refractivity contribution in [3.8, 4) is 16.9 Å². The van der Waals surface area contributed by atoms with Crippen LogP contribution in [0.4, 0.5) is 0 Å². The highest BCUT2D eigenvalue weighted by Crippen LogP contribution is 2.32. The number of hydrogen-bond acceptors (Lipinski definition) is 2. The molecule has 0 fully saturated rings. The first-order valence-electron chi connectivity index (χ1n) is 7.16. The van der Waals surface area contributed by atoms with Gasteiger partial charge in [-0.15, -0.1) is 0 Å². The third kappa shape index (κ3) is 3.40. The fourth-order valence-corrected chi connectivity index (χ4v) is 2.20. The second kappa shape index (κ2) is 6.58. The van der Waals surface area contributed by atoms with Crippen LogP contribution >= 0.6 is 0 Å². The van der Waals surface area contributed by atoms with Crippen molar-refractivity contribution in [2.45, 2.75) is 39.4 Å². The summed E-state index contributed by atoms with van der Waals surface area (Å²) < 4.78 is 5.87. The maximum Gasteiger partial charge on any atom is 0.126 e. The Hall–Kier alpha value is -1.80. The summed E-state index contributed by atoms with van der Waals surface area (Å²) >= 11 is 0. The maximum absolute atomic E-state index is 10.1. The van der Waals surface area contributed by atoms with Crippen LogP contribution in [0, 0.1) is 0 Å². The highest BCUT2D eigenvalue weighted by Gasteiger charge is 2.14. The maximum atomic E-state index is 10.1. The SMILES string of the molecule is CC[C@H](O)c1ccc(-c2ccccc2)cc1OC(C)C. The van der Waals surface area contributed by atoms with Crippen molar-refractivity contribution >= 4 is 0 Å². The summed E-state index contributed by atoms with van der Waals surface area (Å²) in [5, 5.41) is 10.1. The van der Waals surface area contributed by atoms with E-state index in [0.717, 1.165) is 22.4 Å². The summed E-state index contributed by atoms with van der Waals surface area (Å²) in [7, 11) is 0. The molecule has 2 aromatic carbocycles. The van der Waals surface area contributed by atoms with Gasteiger partial charge in [-0.25, -0.2) is 0 Å². The Labute approximate surface area is 121 Å². The van der Waals surface area contributed by atoms with E-state index in [0.29, 0.717) is 6.42 Å². The van der Waals surface area contributed by atoms with Crippen LogP contribution in [0.2, 0.25) is 0 Å². The molecule has 2 aromatic rings. The molecule has 0 saturated heterocycles. The predicted molar refractivity (Wildman–Crippen MR) is 82.9 cm³/mol. The molecule has 1 N–H and O–H groups in total. The number of hydrogen-bond donors (Lipinski definition) is 1. The summed E-state index contributed by atoms with van der Waals surface area (Å²) in [4.78, 5) is 0. The monoisotopic (exact) mass is 270 g/mol. The lowest BCUT2D eigenvalue weighted by Crippen LogP contribution is -2.09. The molecule has 2 heteroatoms. The zero-order valence-electron chi connectivity index (χ0n) is 12.3. The van der Waals surface area contributed by atoms with Gasteiger partial charge in [-0.3, -0.25) is 0 Å². The van der Waals surface area contributed by atoms with Gasteiger partial charge in [0.2, 0.25) is 0 Å². The molecule has 2 nitrogen and oxygen atoms in total. The number of aliphatic hydroxyl groups is 1. The topological polar surface area (TPSA) is 29.5 Å². The van der Waals surface area contributed by atoms with E-state index in [1.165, 1.54) is 0 Å². The van der Waals surface area contributed by atoms with E-state index in [1.54, 1.807) is 0 Å². The van der Waals surface area contributed by atoms with Crippen molar-refractivity contribution in [3.05, 3.63) is 54.1 Å². The third-order valence-electron chi connectivity index (χ3n) is 3.23. The minimum Gasteiger partial charge on any atom is -0.491 e. The quantitative estimate of drug-likeness (QED) is 0.861. The van der Waals surface area contributed by atoms with Crippen LogP contribution in [0.15, 0.2) is 48.5 Å². The van der Waals surface area contributed by atoms with E-state index in [1.807, 2.05) is 57.2 Å². The van der Waals surface area contributed by atoms with E-state index < -0.39 is 6.10 Å². The number of rotatable bonds is 5. The molecule has 0 aliphatic carbocycles. The summed E-state index contributed by atoms with van der Waals surface area (Å²) in [6, 6.07) is 16.2. The van der Waals surface area contributed by atoms with E-state index in [4.69, 9.17) is 4.74 Å². The standard InChI is InChI=1S/C18H22O2/c1-4-17(19)16-11-10-15(12-18(16)20-13(2)3)14-8-6-5-7-9-14/h5-13,17,19H,4H2,1-3H3/t17-/m0/s1. The molecular formula is C18H22O2. The minimum atomic E-state index is -0.478. The van der Waals surface area contributed by atoms with Crippen molar-refractivity contribution in [1.29, 1.82) is 0 Å². The molecule has 0 aliphatic heterocycles. The lowest BCUT2D eigenvalue weighted by atomic mass is 9.99. The molecule has 0 unspecified atom stereocenters. The summed E-state index contributed by atoms with van der Waals surface area (Å²) in [5.41, 5.74) is 3.12. The Morgan fingerprint density at radius 3 is 2.30 bits per heavy atom. The first kappa shape index (κ1) is 14.6. The molecule has 20 heavy (non-hydrogen) atoms. The van der Waals surface area contributed by atoms with Crippen molar-refractivity contribution in [2.24, 2.45) is 0 Å². The van der Waals surface area contributed by atoms with Gasteiger partial charge in [0.05, 0.1) is 12.2 Å². The van der Waals surface area contributed by atoms with Crippen LogP contribution in [0.5, 0.6) is 5.75 Å². The molecule has 0 saturated carbocycles. The van der Waals surface area contributed by atoms with Gasteiger partial charge in [-0.05, 0) is 37.5 Å². The second-order valence-electron chi connectivity index (χ2n) is 5.21. The van der Waals surface area contributed by atoms with Gasteiger partial charge in [0.1, 0.15) is 5.75 Å². The molecule has 0 aliphatic rings. The van der Waals surface area contributed by atoms with E-state index in [2.05, 4.69) is 12.1 Å². The van der Waals surface area contributed by atoms with Gasteiger partial charge in [0.25, 0.3) is 0 Å². The number of ether oxygens (including phenoxy) is 1. The minimum absolute atomic E-state index is 0.0869. The number of benzene rings is 2. The first-order chi connectivity index (χ1) is 9.61. The molecule has 106 valence electrons. The van der Waals surface area contributed by atoms with Crippen LogP contribution in [-0.4, -0.2) is 11.2 Å². The molecule has 0 aromatic heterocycles. The lowest BCUT2D eigenvalue weighted by Gasteiger charge is -2.18. The Morgan fingerprint density at radius 2 is 1.70 bits per heavy atom. The molecule has 0 bridgehead atoms. The van der Waals surface area contributed by atoms with Gasteiger partial charge in [0.15, 0.2) is 0 Å². The normalized spacial score (nSPS) is 12.4. The van der Waals surface area contributed by atoms with Crippen LogP contribution in [0.25, 0.3) is 11.1 Å². The van der Waals surface area contributed by atoms with Crippen molar-refractivity contribution < 1.29 is 9.84 Å². The van der Waals surface area contributed by atoms with E-state index >= 15 is 0 Å². The predicted octanol–water partition coefficient (Wildman–Crippen LogP) is 4.58. The molecule has 0 radical (unpaired) electrons. The molecule has 0 amide bonds. The largest absolute Gasteiger partial charge is 0.491 e. The molecular weight excluding hydrogens is 248 g/mol. The van der Waals surface area contributed by atoms with E-state index in [-0.39, 0.29) is 6.10 Å². The molecule has 0 heterocycles. The third-order valence-corrected chi connectivity index (χ3v) is 3.23. The van der Waals surface area contributed by atoms with Gasteiger partial charge in [-0.2, -0.15) is 0 Å². The Bertz CT molecular complexity index is 547. The lowest BCUT2D eigenvalue weighted by molar-refractivity contribution is 0.162. The van der Waals surface area contributed by atoms with E-state index in [9.17, 15) is 5.11 Å². The Balaban J connectivity index is 2.43. The van der Waals surface area contributed by atoms with Crippen LogP contribution in [0.1, 0.15) is 38.9 Å².